The van der Waals surface area contributed by atoms with Gasteiger partial charge in [-0.2, -0.15) is 4.98 Å². The Morgan fingerprint density at radius 3 is 2.44 bits per heavy atom. The molecular weight excluding hydrogens is 568 g/mol. The molecule has 4 aromatic rings. The fourth-order valence-electron chi connectivity index (χ4n) is 6.02. The molecule has 1 fully saturated rings. The van der Waals surface area contributed by atoms with Crippen LogP contribution in [0.15, 0.2) is 54.9 Å². The first-order valence-electron chi connectivity index (χ1n) is 15.4. The zero-order valence-corrected chi connectivity index (χ0v) is 26.5. The number of hydrogen-bond acceptors (Lipinski definition) is 7. The van der Waals surface area contributed by atoms with Crippen LogP contribution >= 0.6 is 0 Å². The Bertz CT molecular complexity index is 1720. The number of amides is 3. The largest absolute Gasteiger partial charge is 0.494 e. The molecule has 0 spiro atoms. The maximum Gasteiger partial charge on any atom is 0.317 e. The van der Waals surface area contributed by atoms with Gasteiger partial charge in [0.05, 0.1) is 18.4 Å². The van der Waals surface area contributed by atoms with Crippen LogP contribution in [0.25, 0.3) is 5.82 Å². The molecule has 3 N–H and O–H groups in total. The number of nitrogens with zero attached hydrogens (tertiary/aromatic N) is 5. The summed E-state index contributed by atoms with van der Waals surface area (Å²) in [6, 6.07) is 13.9. The molecule has 2 aliphatic heterocycles. The van der Waals surface area contributed by atoms with Crippen molar-refractivity contribution in [2.45, 2.75) is 46.6 Å². The molecular formula is C34H40N8O3. The molecule has 0 saturated carbocycles. The lowest BCUT2D eigenvalue weighted by molar-refractivity contribution is 0.102. The molecule has 0 unspecified atom stereocenters. The van der Waals surface area contributed by atoms with Crippen LogP contribution in [0, 0.1) is 13.8 Å². The van der Waals surface area contributed by atoms with Gasteiger partial charge < -0.3 is 35.1 Å². The summed E-state index contributed by atoms with van der Waals surface area (Å²) in [5, 5.41) is 9.42. The number of para-hydroxylation sites is 1. The summed E-state index contributed by atoms with van der Waals surface area (Å²) < 4.78 is 7.74. The number of carbonyl (C=O) groups excluding carboxylic acids is 2. The van der Waals surface area contributed by atoms with Crippen LogP contribution in [0.4, 0.5) is 27.8 Å². The number of ether oxygens (including phenoxy) is 1. The number of aromatic nitrogens is 3. The number of fused-ring (bicyclic) bond motifs is 3. The fraction of sp³-hybridized carbons (Fsp3) is 0.353. The van der Waals surface area contributed by atoms with Crippen molar-refractivity contribution in [3.8, 4) is 11.6 Å². The highest BCUT2D eigenvalue weighted by molar-refractivity contribution is 6.06. The first kappa shape index (κ1) is 30.0. The average molecular weight is 609 g/mol. The highest BCUT2D eigenvalue weighted by Gasteiger charge is 2.25. The molecule has 0 atom stereocenters. The van der Waals surface area contributed by atoms with Crippen LogP contribution in [0.1, 0.15) is 46.6 Å². The summed E-state index contributed by atoms with van der Waals surface area (Å²) in [5.41, 5.74) is 7.28. The van der Waals surface area contributed by atoms with Gasteiger partial charge in [-0.1, -0.05) is 18.2 Å². The molecule has 234 valence electrons. The van der Waals surface area contributed by atoms with Crippen molar-refractivity contribution in [1.29, 1.82) is 0 Å². The van der Waals surface area contributed by atoms with Gasteiger partial charge >= 0.3 is 6.03 Å². The maximum absolute atomic E-state index is 13.4. The Balaban J connectivity index is 1.17. The SMILES string of the molecule is COc1cc(N2CCN(C(=O)NC(C)C)CC2)ccc1Nc1ncc2c(n1)-n1ccc(C(=O)Nc3c(C)cccc3C)c1CC2. The molecule has 3 amide bonds. The third-order valence-corrected chi connectivity index (χ3v) is 8.43. The van der Waals surface area contributed by atoms with Crippen LogP contribution < -0.4 is 25.6 Å². The van der Waals surface area contributed by atoms with Gasteiger partial charge in [-0.25, -0.2) is 9.78 Å². The first-order chi connectivity index (χ1) is 21.7. The standard InChI is InChI=1S/C34H40N8O3/c1-21(2)36-34(44)41-17-15-40(16-18-41)25-10-11-27(29(19-25)45-5)37-33-35-20-24-9-12-28-26(13-14-42(28)31(24)39-33)32(43)38-30-22(3)7-6-8-23(30)4/h6-8,10-11,13-14,19-21H,9,12,15-18H2,1-5H3,(H,36,44)(H,38,43)(H,35,37,39). The molecule has 4 heterocycles. The minimum absolute atomic E-state index is 0.0179. The lowest BCUT2D eigenvalue weighted by atomic mass is 10.0. The van der Waals surface area contributed by atoms with Gasteiger partial charge in [-0.3, -0.25) is 4.79 Å². The van der Waals surface area contributed by atoms with Crippen molar-refractivity contribution < 1.29 is 14.3 Å². The molecule has 1 saturated heterocycles. The number of benzene rings is 2. The van der Waals surface area contributed by atoms with E-state index in [2.05, 4.69) is 25.8 Å². The monoisotopic (exact) mass is 608 g/mol. The second-order valence-corrected chi connectivity index (χ2v) is 11.9. The van der Waals surface area contributed by atoms with E-state index in [9.17, 15) is 9.59 Å². The number of hydrogen-bond donors (Lipinski definition) is 3. The van der Waals surface area contributed by atoms with E-state index < -0.39 is 0 Å². The molecule has 0 radical (unpaired) electrons. The average Bonchev–Trinajstić information content (AvgIpc) is 3.48. The van der Waals surface area contributed by atoms with E-state index in [1.807, 2.05) is 92.0 Å². The van der Waals surface area contributed by atoms with E-state index >= 15 is 0 Å². The van der Waals surface area contributed by atoms with E-state index in [0.717, 1.165) is 71.2 Å². The topological polar surface area (TPSA) is 117 Å². The zero-order chi connectivity index (χ0) is 31.7. The minimum atomic E-state index is -0.123. The van der Waals surface area contributed by atoms with Crippen molar-refractivity contribution in [3.05, 3.63) is 82.8 Å². The van der Waals surface area contributed by atoms with Gasteiger partial charge in [-0.05, 0) is 69.9 Å². The summed E-state index contributed by atoms with van der Waals surface area (Å²) in [5.74, 6) is 1.74. The predicted molar refractivity (Wildman–Crippen MR) is 176 cm³/mol. The summed E-state index contributed by atoms with van der Waals surface area (Å²) in [6.45, 7) is 10.7. The van der Waals surface area contributed by atoms with Crippen LogP contribution in [0.3, 0.4) is 0 Å². The second kappa shape index (κ2) is 12.5. The Labute approximate surface area is 263 Å². The number of methoxy groups -OCH3 is 1. The van der Waals surface area contributed by atoms with Crippen LogP contribution in [-0.4, -0.2) is 70.7 Å². The Morgan fingerprint density at radius 2 is 1.73 bits per heavy atom. The number of rotatable bonds is 7. The summed E-state index contributed by atoms with van der Waals surface area (Å²) >= 11 is 0. The van der Waals surface area contributed by atoms with Crippen molar-refractivity contribution in [3.63, 3.8) is 0 Å². The van der Waals surface area contributed by atoms with E-state index in [-0.39, 0.29) is 18.0 Å². The van der Waals surface area contributed by atoms with E-state index in [4.69, 9.17) is 9.72 Å². The maximum atomic E-state index is 13.4. The molecule has 11 nitrogen and oxygen atoms in total. The molecule has 0 aliphatic carbocycles. The van der Waals surface area contributed by atoms with Crippen LogP contribution in [0.2, 0.25) is 0 Å². The highest BCUT2D eigenvalue weighted by atomic mass is 16.5. The third kappa shape index (κ3) is 6.15. The Hall–Kier alpha value is -5.06. The second-order valence-electron chi connectivity index (χ2n) is 11.9. The van der Waals surface area contributed by atoms with Crippen LogP contribution in [0.5, 0.6) is 5.75 Å². The van der Waals surface area contributed by atoms with Gasteiger partial charge in [0.15, 0.2) is 0 Å². The first-order valence-corrected chi connectivity index (χ1v) is 15.4. The fourth-order valence-corrected chi connectivity index (χ4v) is 6.02. The molecule has 2 aliphatic rings. The summed E-state index contributed by atoms with van der Waals surface area (Å²) in [4.78, 5) is 39.3. The molecule has 2 aromatic carbocycles. The summed E-state index contributed by atoms with van der Waals surface area (Å²) in [6.07, 6.45) is 5.22. The van der Waals surface area contributed by atoms with Crippen molar-refractivity contribution in [2.24, 2.45) is 0 Å². The van der Waals surface area contributed by atoms with Gasteiger partial charge in [-0.15, -0.1) is 0 Å². The molecule has 6 rings (SSSR count). The number of anilines is 4. The van der Waals surface area contributed by atoms with Crippen molar-refractivity contribution in [2.75, 3.05) is 48.8 Å². The number of aryl methyl sites for hydroxylation is 3. The molecule has 11 heteroatoms. The van der Waals surface area contributed by atoms with Crippen molar-refractivity contribution >= 4 is 34.9 Å². The molecule has 2 aromatic heterocycles. The van der Waals surface area contributed by atoms with Gasteiger partial charge in [0.25, 0.3) is 5.91 Å². The minimum Gasteiger partial charge on any atom is -0.494 e. The normalized spacial score (nSPS) is 14.1. The Morgan fingerprint density at radius 1 is 0.978 bits per heavy atom. The predicted octanol–water partition coefficient (Wildman–Crippen LogP) is 5.23. The smallest absolute Gasteiger partial charge is 0.317 e. The highest BCUT2D eigenvalue weighted by Crippen LogP contribution is 2.33. The lowest BCUT2D eigenvalue weighted by Gasteiger charge is -2.36. The molecule has 45 heavy (non-hydrogen) atoms. The summed E-state index contributed by atoms with van der Waals surface area (Å²) in [7, 11) is 1.64. The van der Waals surface area contributed by atoms with E-state index in [1.54, 1.807) is 7.11 Å². The van der Waals surface area contributed by atoms with E-state index in [0.29, 0.717) is 30.4 Å². The third-order valence-electron chi connectivity index (χ3n) is 8.43. The van der Waals surface area contributed by atoms with Crippen LogP contribution in [-0.2, 0) is 12.8 Å². The van der Waals surface area contributed by atoms with Crippen molar-refractivity contribution in [1.82, 2.24) is 24.8 Å². The Kier molecular flexibility index (Phi) is 8.34. The number of piperazine rings is 1. The lowest BCUT2D eigenvalue weighted by Crippen LogP contribution is -2.52. The van der Waals surface area contributed by atoms with Gasteiger partial charge in [0.1, 0.15) is 11.6 Å². The number of carbonyl (C=O) groups is 2. The quantitative estimate of drug-likeness (QED) is 0.263. The zero-order valence-electron chi connectivity index (χ0n) is 26.5. The van der Waals surface area contributed by atoms with Gasteiger partial charge in [0, 0.05) is 73.3 Å². The molecule has 0 bridgehead atoms. The van der Waals surface area contributed by atoms with Gasteiger partial charge in [0.2, 0.25) is 5.95 Å². The van der Waals surface area contributed by atoms with E-state index in [1.165, 1.54) is 0 Å². The number of urea groups is 1. The number of nitrogens with one attached hydrogen (secondary N) is 3.